The zero-order chi connectivity index (χ0) is 39.3. The molecule has 2 saturated heterocycles. The maximum Gasteiger partial charge on any atom is 0.421 e. The SMILES string of the molecule is CN(Cc1ccccc1NC1CCC(=O)NC1=O)C1CCN(c2ccc(Nc3ncc(C(F)(F)F)c(NCc4cccnc4N(C)S(C)(=O)=O)n3)cc2)CC1. The van der Waals surface area contributed by atoms with Gasteiger partial charge < -0.3 is 20.9 Å². The van der Waals surface area contributed by atoms with E-state index in [2.05, 4.69) is 53.1 Å². The number of imide groups is 1. The first-order valence-corrected chi connectivity index (χ1v) is 19.6. The van der Waals surface area contributed by atoms with Crippen molar-refractivity contribution in [3.63, 3.8) is 0 Å². The topological polar surface area (TPSA) is 165 Å². The molecular weight excluding hydrogens is 738 g/mol. The molecular formula is C37H43F3N10O4S. The Hall–Kier alpha value is -5.49. The smallest absolute Gasteiger partial charge is 0.373 e. The zero-order valence-corrected chi connectivity index (χ0v) is 31.4. The van der Waals surface area contributed by atoms with Gasteiger partial charge >= 0.3 is 6.18 Å². The number of para-hydroxylation sites is 1. The van der Waals surface area contributed by atoms with Gasteiger partial charge in [0, 0.05) is 80.7 Å². The summed E-state index contributed by atoms with van der Waals surface area (Å²) in [5.74, 6) is -0.998. The standard InChI is InChI=1S/C37H43F3N10O4S/c1-48(23-25-7-4-5-9-30(25)45-31-14-15-32(51)46-35(31)52)27-16-19-50(20-17-27)28-12-10-26(11-13-28)44-36-43-22-29(37(38,39)40)33(47-36)42-21-24-8-6-18-41-34(24)49(2)55(3,53)54/h4-13,18,22,27,31,45H,14-17,19-21,23H2,1-3H3,(H,46,51,52)(H2,42,43,44,47). The first-order chi connectivity index (χ1) is 26.2. The van der Waals surface area contributed by atoms with E-state index in [0.29, 0.717) is 42.9 Å². The second-order valence-corrected chi connectivity index (χ2v) is 15.6. The number of amides is 2. The average Bonchev–Trinajstić information content (AvgIpc) is 3.15. The molecule has 6 rings (SSSR count). The highest BCUT2D eigenvalue weighted by molar-refractivity contribution is 7.92. The van der Waals surface area contributed by atoms with Crippen LogP contribution in [0.4, 0.5) is 47.8 Å². The fraction of sp³-hybridized carbons (Fsp3) is 0.378. The second-order valence-electron chi connectivity index (χ2n) is 13.6. The Morgan fingerprint density at radius 1 is 0.945 bits per heavy atom. The summed E-state index contributed by atoms with van der Waals surface area (Å²) in [6, 6.07) is 18.4. The van der Waals surface area contributed by atoms with Crippen molar-refractivity contribution in [1.82, 2.24) is 25.2 Å². The fourth-order valence-electron chi connectivity index (χ4n) is 6.64. The third-order valence-corrected chi connectivity index (χ3v) is 11.0. The third-order valence-electron chi connectivity index (χ3n) is 9.79. The van der Waals surface area contributed by atoms with Gasteiger partial charge in [0.15, 0.2) is 0 Å². The van der Waals surface area contributed by atoms with Gasteiger partial charge in [-0.1, -0.05) is 24.3 Å². The fourth-order valence-corrected chi connectivity index (χ4v) is 7.12. The first kappa shape index (κ1) is 39.2. The van der Waals surface area contributed by atoms with Crippen molar-refractivity contribution in [2.75, 3.05) is 58.6 Å². The Morgan fingerprint density at radius 3 is 2.35 bits per heavy atom. The van der Waals surface area contributed by atoms with Gasteiger partial charge in [0.1, 0.15) is 23.2 Å². The zero-order valence-electron chi connectivity index (χ0n) is 30.6. The van der Waals surface area contributed by atoms with Crippen molar-refractivity contribution >= 4 is 56.5 Å². The van der Waals surface area contributed by atoms with E-state index in [0.717, 1.165) is 53.4 Å². The molecule has 2 aliphatic heterocycles. The second kappa shape index (κ2) is 16.5. The maximum absolute atomic E-state index is 13.9. The maximum atomic E-state index is 13.9. The van der Waals surface area contributed by atoms with Crippen LogP contribution in [0, 0.1) is 0 Å². The van der Waals surface area contributed by atoms with E-state index < -0.39 is 33.6 Å². The Balaban J connectivity index is 1.05. The minimum absolute atomic E-state index is 0.0550. The summed E-state index contributed by atoms with van der Waals surface area (Å²) in [6.45, 7) is 2.16. The van der Waals surface area contributed by atoms with E-state index in [1.807, 2.05) is 48.5 Å². The lowest BCUT2D eigenvalue weighted by molar-refractivity contribution is -0.137. The van der Waals surface area contributed by atoms with Crippen LogP contribution in [0.2, 0.25) is 0 Å². The van der Waals surface area contributed by atoms with Gasteiger partial charge in [-0.15, -0.1) is 0 Å². The summed E-state index contributed by atoms with van der Waals surface area (Å²) >= 11 is 0. The van der Waals surface area contributed by atoms with E-state index >= 15 is 0 Å². The number of hydrogen-bond acceptors (Lipinski definition) is 12. The van der Waals surface area contributed by atoms with Crippen molar-refractivity contribution in [1.29, 1.82) is 0 Å². The first-order valence-electron chi connectivity index (χ1n) is 17.7. The number of sulfonamides is 1. The number of pyridine rings is 1. The van der Waals surface area contributed by atoms with Gasteiger partial charge in [0.25, 0.3) is 0 Å². The van der Waals surface area contributed by atoms with Gasteiger partial charge in [-0.2, -0.15) is 18.2 Å². The predicted molar refractivity (Wildman–Crippen MR) is 205 cm³/mol. The summed E-state index contributed by atoms with van der Waals surface area (Å²) in [4.78, 5) is 40.7. The van der Waals surface area contributed by atoms with Crippen LogP contribution < -0.4 is 30.5 Å². The predicted octanol–water partition coefficient (Wildman–Crippen LogP) is 4.96. The number of halogens is 3. The quantitative estimate of drug-likeness (QED) is 0.135. The van der Waals surface area contributed by atoms with Crippen LogP contribution in [0.25, 0.3) is 0 Å². The van der Waals surface area contributed by atoms with Crippen LogP contribution in [-0.4, -0.2) is 85.6 Å². The minimum atomic E-state index is -4.74. The summed E-state index contributed by atoms with van der Waals surface area (Å²) in [5.41, 5.74) is 2.82. The van der Waals surface area contributed by atoms with E-state index in [1.165, 1.54) is 13.2 Å². The van der Waals surface area contributed by atoms with Crippen molar-refractivity contribution < 1.29 is 31.2 Å². The molecule has 2 aliphatic rings. The van der Waals surface area contributed by atoms with Crippen molar-refractivity contribution in [3.05, 3.63) is 89.7 Å². The number of alkyl halides is 3. The molecule has 14 nitrogen and oxygen atoms in total. The molecule has 0 aliphatic carbocycles. The molecule has 4 aromatic rings. The minimum Gasteiger partial charge on any atom is -0.373 e. The molecule has 55 heavy (non-hydrogen) atoms. The molecule has 4 heterocycles. The molecule has 1 unspecified atom stereocenters. The average molecular weight is 781 g/mol. The van der Waals surface area contributed by atoms with Gasteiger partial charge in [0.05, 0.1) is 6.26 Å². The number of aromatic nitrogens is 3. The van der Waals surface area contributed by atoms with E-state index in [4.69, 9.17) is 0 Å². The molecule has 0 radical (unpaired) electrons. The van der Waals surface area contributed by atoms with Gasteiger partial charge in [-0.3, -0.25) is 24.1 Å². The molecule has 1 atom stereocenters. The molecule has 0 saturated carbocycles. The van der Waals surface area contributed by atoms with E-state index in [-0.39, 0.29) is 30.1 Å². The number of anilines is 6. The lowest BCUT2D eigenvalue weighted by atomic mass is 10.0. The molecule has 18 heteroatoms. The van der Waals surface area contributed by atoms with E-state index in [1.54, 1.807) is 12.1 Å². The van der Waals surface area contributed by atoms with Gasteiger partial charge in [-0.25, -0.2) is 18.4 Å². The molecule has 292 valence electrons. The van der Waals surface area contributed by atoms with Crippen LogP contribution >= 0.6 is 0 Å². The van der Waals surface area contributed by atoms with E-state index in [9.17, 15) is 31.2 Å². The summed E-state index contributed by atoms with van der Waals surface area (Å²) in [5, 5.41) is 11.4. The van der Waals surface area contributed by atoms with Crippen molar-refractivity contribution in [2.24, 2.45) is 0 Å². The number of rotatable bonds is 13. The molecule has 2 aromatic carbocycles. The molecule has 2 aromatic heterocycles. The number of hydrogen-bond donors (Lipinski definition) is 4. The van der Waals surface area contributed by atoms with Crippen LogP contribution in [-0.2, 0) is 38.9 Å². The Bertz CT molecular complexity index is 2110. The Kier molecular flexibility index (Phi) is 11.7. The Morgan fingerprint density at radius 2 is 1.65 bits per heavy atom. The molecule has 0 spiro atoms. The molecule has 2 fully saturated rings. The monoisotopic (exact) mass is 780 g/mol. The largest absolute Gasteiger partial charge is 0.421 e. The number of nitrogens with one attached hydrogen (secondary N) is 4. The van der Waals surface area contributed by atoms with Crippen LogP contribution in [0.5, 0.6) is 0 Å². The van der Waals surface area contributed by atoms with Gasteiger partial charge in [0.2, 0.25) is 27.8 Å². The summed E-state index contributed by atoms with van der Waals surface area (Å²) in [7, 11) is -0.250. The number of nitrogens with zero attached hydrogens (tertiary/aromatic N) is 6. The molecule has 4 N–H and O–H groups in total. The summed E-state index contributed by atoms with van der Waals surface area (Å²) in [6.07, 6.45) is 0.986. The lowest BCUT2D eigenvalue weighted by Crippen LogP contribution is -2.47. The molecule has 2 amide bonds. The Labute approximate surface area is 317 Å². The number of carbonyl (C=O) groups excluding carboxylic acids is 2. The van der Waals surface area contributed by atoms with Crippen LogP contribution in [0.3, 0.4) is 0 Å². The lowest BCUT2D eigenvalue weighted by Gasteiger charge is -2.38. The number of carbonyl (C=O) groups is 2. The van der Waals surface area contributed by atoms with Crippen molar-refractivity contribution in [2.45, 2.75) is 57.0 Å². The van der Waals surface area contributed by atoms with Crippen molar-refractivity contribution in [3.8, 4) is 0 Å². The molecule has 0 bridgehead atoms. The number of benzene rings is 2. The highest BCUT2D eigenvalue weighted by Gasteiger charge is 2.35. The van der Waals surface area contributed by atoms with Crippen LogP contribution in [0.15, 0.2) is 73.1 Å². The van der Waals surface area contributed by atoms with Gasteiger partial charge in [-0.05, 0) is 68.3 Å². The van der Waals surface area contributed by atoms with Crippen LogP contribution in [0.1, 0.15) is 42.4 Å². The third kappa shape index (κ3) is 9.79. The highest BCUT2D eigenvalue weighted by atomic mass is 32.2. The highest BCUT2D eigenvalue weighted by Crippen LogP contribution is 2.35. The summed E-state index contributed by atoms with van der Waals surface area (Å²) < 4.78 is 67.0. The number of piperidine rings is 2. The normalized spacial score (nSPS) is 16.9.